The van der Waals surface area contributed by atoms with Gasteiger partial charge in [0.1, 0.15) is 0 Å². The highest BCUT2D eigenvalue weighted by molar-refractivity contribution is 5.96. The van der Waals surface area contributed by atoms with Crippen LogP contribution in [0.5, 0.6) is 0 Å². The summed E-state index contributed by atoms with van der Waals surface area (Å²) >= 11 is 0. The molecule has 2 heterocycles. The molecule has 3 nitrogen and oxygen atoms in total. The van der Waals surface area contributed by atoms with E-state index in [-0.39, 0.29) is 5.91 Å². The summed E-state index contributed by atoms with van der Waals surface area (Å²) in [6.45, 7) is 3.92. The standard InChI is InChI=1S/C13H16N2O/c16-13-12-4-2-1-3-11(12)5-6-15(13)9-10-7-14-8-10/h1-4,10,14H,5-9H2. The van der Waals surface area contributed by atoms with Crippen LogP contribution in [0.4, 0.5) is 0 Å². The smallest absolute Gasteiger partial charge is 0.254 e. The summed E-state index contributed by atoms with van der Waals surface area (Å²) in [6.07, 6.45) is 1.00. The largest absolute Gasteiger partial charge is 0.338 e. The summed E-state index contributed by atoms with van der Waals surface area (Å²) in [5.41, 5.74) is 2.11. The van der Waals surface area contributed by atoms with Crippen LogP contribution in [0.1, 0.15) is 15.9 Å². The minimum absolute atomic E-state index is 0.216. The average Bonchev–Trinajstić information content (AvgIpc) is 2.26. The fourth-order valence-electron chi connectivity index (χ4n) is 2.44. The van der Waals surface area contributed by atoms with Crippen molar-refractivity contribution in [3.63, 3.8) is 0 Å². The van der Waals surface area contributed by atoms with Gasteiger partial charge in [-0.1, -0.05) is 18.2 Å². The van der Waals surface area contributed by atoms with Crippen LogP contribution < -0.4 is 5.32 Å². The number of hydrogen-bond acceptors (Lipinski definition) is 2. The molecule has 1 amide bonds. The van der Waals surface area contributed by atoms with Crippen LogP contribution in [0.25, 0.3) is 0 Å². The molecule has 0 bridgehead atoms. The molecule has 2 aliphatic heterocycles. The van der Waals surface area contributed by atoms with E-state index in [9.17, 15) is 4.79 Å². The number of fused-ring (bicyclic) bond motifs is 1. The number of carbonyl (C=O) groups is 1. The van der Waals surface area contributed by atoms with Crippen molar-refractivity contribution in [2.24, 2.45) is 5.92 Å². The maximum Gasteiger partial charge on any atom is 0.254 e. The molecule has 0 atom stereocenters. The third-order valence-electron chi connectivity index (χ3n) is 3.53. The summed E-state index contributed by atoms with van der Waals surface area (Å²) < 4.78 is 0. The Bertz CT molecular complexity index is 412. The number of rotatable bonds is 2. The molecule has 1 aromatic rings. The number of benzene rings is 1. The Hall–Kier alpha value is -1.35. The number of hydrogen-bond donors (Lipinski definition) is 1. The zero-order chi connectivity index (χ0) is 11.0. The summed E-state index contributed by atoms with van der Waals surface area (Å²) in [6, 6.07) is 7.97. The Morgan fingerprint density at radius 2 is 2.12 bits per heavy atom. The van der Waals surface area contributed by atoms with Gasteiger partial charge in [-0.3, -0.25) is 4.79 Å². The first kappa shape index (κ1) is 9.85. The van der Waals surface area contributed by atoms with Crippen molar-refractivity contribution >= 4 is 5.91 Å². The molecule has 84 valence electrons. The van der Waals surface area contributed by atoms with Crippen LogP contribution in [-0.2, 0) is 6.42 Å². The second kappa shape index (κ2) is 3.91. The molecule has 0 aromatic heterocycles. The highest BCUT2D eigenvalue weighted by atomic mass is 16.2. The molecule has 0 saturated carbocycles. The molecule has 0 spiro atoms. The van der Waals surface area contributed by atoms with E-state index in [0.29, 0.717) is 5.92 Å². The van der Waals surface area contributed by atoms with Gasteiger partial charge in [0.15, 0.2) is 0 Å². The lowest BCUT2D eigenvalue weighted by Crippen LogP contribution is -2.51. The quantitative estimate of drug-likeness (QED) is 0.796. The average molecular weight is 216 g/mol. The zero-order valence-corrected chi connectivity index (χ0v) is 9.28. The summed E-state index contributed by atoms with van der Waals surface area (Å²) in [5, 5.41) is 3.25. The van der Waals surface area contributed by atoms with Gasteiger partial charge in [-0.05, 0) is 18.1 Å². The fraction of sp³-hybridized carbons (Fsp3) is 0.462. The SMILES string of the molecule is O=C1c2ccccc2CCN1CC1CNC1. The van der Waals surface area contributed by atoms with Gasteiger partial charge in [-0.25, -0.2) is 0 Å². The first-order valence-corrected chi connectivity index (χ1v) is 5.92. The highest BCUT2D eigenvalue weighted by Gasteiger charge is 2.27. The Labute approximate surface area is 95.4 Å². The molecule has 0 radical (unpaired) electrons. The molecule has 2 aliphatic rings. The zero-order valence-electron chi connectivity index (χ0n) is 9.28. The Morgan fingerprint density at radius 3 is 2.88 bits per heavy atom. The van der Waals surface area contributed by atoms with Gasteiger partial charge in [-0.2, -0.15) is 0 Å². The van der Waals surface area contributed by atoms with Crippen molar-refractivity contribution in [1.29, 1.82) is 0 Å². The predicted molar refractivity (Wildman–Crippen MR) is 62.4 cm³/mol. The first-order chi connectivity index (χ1) is 7.84. The molecule has 1 aromatic carbocycles. The second-order valence-corrected chi connectivity index (χ2v) is 4.68. The summed E-state index contributed by atoms with van der Waals surface area (Å²) in [4.78, 5) is 14.2. The van der Waals surface area contributed by atoms with Crippen LogP contribution in [-0.4, -0.2) is 37.0 Å². The Kier molecular flexibility index (Phi) is 2.40. The normalized spacial score (nSPS) is 20.5. The van der Waals surface area contributed by atoms with E-state index in [2.05, 4.69) is 11.4 Å². The number of amides is 1. The predicted octanol–water partition coefficient (Wildman–Crippen LogP) is 0.904. The maximum atomic E-state index is 12.2. The molecule has 3 heteroatoms. The molecular formula is C13H16N2O. The van der Waals surface area contributed by atoms with E-state index in [1.54, 1.807) is 0 Å². The minimum Gasteiger partial charge on any atom is -0.338 e. The van der Waals surface area contributed by atoms with Crippen molar-refractivity contribution in [3.05, 3.63) is 35.4 Å². The maximum absolute atomic E-state index is 12.2. The van der Waals surface area contributed by atoms with Gasteiger partial charge in [0, 0.05) is 37.7 Å². The van der Waals surface area contributed by atoms with Crippen molar-refractivity contribution < 1.29 is 4.79 Å². The van der Waals surface area contributed by atoms with Crippen molar-refractivity contribution in [3.8, 4) is 0 Å². The topological polar surface area (TPSA) is 32.3 Å². The Balaban J connectivity index is 1.78. The van der Waals surface area contributed by atoms with Gasteiger partial charge in [0.25, 0.3) is 5.91 Å². The summed E-state index contributed by atoms with van der Waals surface area (Å²) in [7, 11) is 0. The van der Waals surface area contributed by atoms with Crippen LogP contribution in [0.3, 0.4) is 0 Å². The molecule has 16 heavy (non-hydrogen) atoms. The summed E-state index contributed by atoms with van der Waals surface area (Å²) in [5.74, 6) is 0.878. The van der Waals surface area contributed by atoms with E-state index in [0.717, 1.165) is 38.2 Å². The molecule has 3 rings (SSSR count). The number of nitrogens with one attached hydrogen (secondary N) is 1. The van der Waals surface area contributed by atoms with Gasteiger partial charge < -0.3 is 10.2 Å². The highest BCUT2D eigenvalue weighted by Crippen LogP contribution is 2.20. The molecule has 1 fully saturated rings. The lowest BCUT2D eigenvalue weighted by atomic mass is 9.96. The van der Waals surface area contributed by atoms with Crippen LogP contribution in [0.2, 0.25) is 0 Å². The molecule has 1 saturated heterocycles. The molecule has 0 unspecified atom stereocenters. The van der Waals surface area contributed by atoms with E-state index in [4.69, 9.17) is 0 Å². The number of carbonyl (C=O) groups excluding carboxylic acids is 1. The van der Waals surface area contributed by atoms with Gasteiger partial charge in [0.05, 0.1) is 0 Å². The third-order valence-corrected chi connectivity index (χ3v) is 3.53. The molecular weight excluding hydrogens is 200 g/mol. The van der Waals surface area contributed by atoms with Crippen molar-refractivity contribution in [2.75, 3.05) is 26.2 Å². The fourth-order valence-corrected chi connectivity index (χ4v) is 2.44. The van der Waals surface area contributed by atoms with E-state index in [1.807, 2.05) is 23.1 Å². The minimum atomic E-state index is 0.216. The number of nitrogens with zero attached hydrogens (tertiary/aromatic N) is 1. The third kappa shape index (κ3) is 1.61. The van der Waals surface area contributed by atoms with E-state index in [1.165, 1.54) is 5.56 Å². The molecule has 0 aliphatic carbocycles. The van der Waals surface area contributed by atoms with Crippen LogP contribution >= 0.6 is 0 Å². The Morgan fingerprint density at radius 1 is 1.31 bits per heavy atom. The lowest BCUT2D eigenvalue weighted by Gasteiger charge is -2.35. The van der Waals surface area contributed by atoms with Gasteiger partial charge >= 0.3 is 0 Å². The molecule has 1 N–H and O–H groups in total. The van der Waals surface area contributed by atoms with E-state index < -0.39 is 0 Å². The van der Waals surface area contributed by atoms with E-state index >= 15 is 0 Å². The monoisotopic (exact) mass is 216 g/mol. The van der Waals surface area contributed by atoms with Gasteiger partial charge in [-0.15, -0.1) is 0 Å². The second-order valence-electron chi connectivity index (χ2n) is 4.68. The van der Waals surface area contributed by atoms with Crippen LogP contribution in [0, 0.1) is 5.92 Å². The van der Waals surface area contributed by atoms with Gasteiger partial charge in [0.2, 0.25) is 0 Å². The lowest BCUT2D eigenvalue weighted by molar-refractivity contribution is 0.0691. The first-order valence-electron chi connectivity index (χ1n) is 5.92. The van der Waals surface area contributed by atoms with Crippen molar-refractivity contribution in [2.45, 2.75) is 6.42 Å². The van der Waals surface area contributed by atoms with Crippen LogP contribution in [0.15, 0.2) is 24.3 Å². The van der Waals surface area contributed by atoms with Crippen molar-refractivity contribution in [1.82, 2.24) is 10.2 Å².